The van der Waals surface area contributed by atoms with Crippen molar-refractivity contribution in [2.45, 2.75) is 20.8 Å². The predicted octanol–water partition coefficient (Wildman–Crippen LogP) is 15.9. The highest BCUT2D eigenvalue weighted by molar-refractivity contribution is 6.12. The highest BCUT2D eigenvalue weighted by Gasteiger charge is 2.17. The Morgan fingerprint density at radius 3 is 1.31 bits per heavy atom. The topological polar surface area (TPSA) is 35.6 Å². The van der Waals surface area contributed by atoms with Crippen molar-refractivity contribution in [3.63, 3.8) is 0 Å². The van der Waals surface area contributed by atoms with Crippen LogP contribution in [-0.4, -0.2) is 19.1 Å². The first kappa shape index (κ1) is 38.3. The predicted molar refractivity (Wildman–Crippen MR) is 272 cm³/mol. The molecular formula is C61H44N4. The van der Waals surface area contributed by atoms with E-state index < -0.39 is 0 Å². The molecule has 0 aliphatic heterocycles. The van der Waals surface area contributed by atoms with Gasteiger partial charge in [0.2, 0.25) is 0 Å². The fraction of sp³-hybridized carbons (Fsp3) is 0.0492. The average molecular weight is 833 g/mol. The van der Waals surface area contributed by atoms with Crippen LogP contribution in [0.15, 0.2) is 212 Å². The van der Waals surface area contributed by atoms with Crippen molar-refractivity contribution in [2.75, 3.05) is 0 Å². The van der Waals surface area contributed by atoms with Crippen molar-refractivity contribution in [2.24, 2.45) is 0 Å². The van der Waals surface area contributed by atoms with Crippen molar-refractivity contribution in [3.8, 4) is 67.5 Å². The van der Waals surface area contributed by atoms with E-state index in [1.165, 1.54) is 77.0 Å². The van der Waals surface area contributed by atoms with Crippen molar-refractivity contribution in [1.82, 2.24) is 19.1 Å². The maximum atomic E-state index is 5.08. The maximum absolute atomic E-state index is 5.08. The molecular weight excluding hydrogens is 789 g/mol. The number of rotatable bonds is 7. The minimum Gasteiger partial charge on any atom is -0.309 e. The number of hydrogen-bond donors (Lipinski definition) is 0. The van der Waals surface area contributed by atoms with Crippen LogP contribution in [0.4, 0.5) is 0 Å². The van der Waals surface area contributed by atoms with Gasteiger partial charge in [-0.15, -0.1) is 0 Å². The van der Waals surface area contributed by atoms with Crippen LogP contribution in [0.5, 0.6) is 0 Å². The lowest BCUT2D eigenvalue weighted by Gasteiger charge is -2.13. The van der Waals surface area contributed by atoms with E-state index in [-0.39, 0.29) is 0 Å². The lowest BCUT2D eigenvalue weighted by molar-refractivity contribution is 1.17. The van der Waals surface area contributed by atoms with Gasteiger partial charge in [0.05, 0.1) is 33.5 Å². The molecule has 0 N–H and O–H groups in total. The Hall–Kier alpha value is -8.34. The van der Waals surface area contributed by atoms with Gasteiger partial charge in [-0.05, 0) is 103 Å². The van der Waals surface area contributed by atoms with Crippen LogP contribution < -0.4 is 0 Å². The summed E-state index contributed by atoms with van der Waals surface area (Å²) in [6, 6.07) is 76.8. The van der Waals surface area contributed by atoms with E-state index in [9.17, 15) is 0 Å². The highest BCUT2D eigenvalue weighted by Crippen LogP contribution is 2.38. The van der Waals surface area contributed by atoms with Gasteiger partial charge in [-0.3, -0.25) is 0 Å². The summed E-state index contributed by atoms with van der Waals surface area (Å²) in [6.07, 6.45) is 0. The summed E-state index contributed by atoms with van der Waals surface area (Å²) in [4.78, 5) is 10.1. The molecule has 0 saturated carbocycles. The number of nitrogens with zero attached hydrogens (tertiary/aromatic N) is 4. The molecule has 0 bridgehead atoms. The lowest BCUT2D eigenvalue weighted by atomic mass is 9.95. The number of fused-ring (bicyclic) bond motifs is 6. The molecule has 0 atom stereocenters. The largest absolute Gasteiger partial charge is 0.309 e. The third-order valence-corrected chi connectivity index (χ3v) is 13.1. The maximum Gasteiger partial charge on any atom is 0.160 e. The van der Waals surface area contributed by atoms with Crippen molar-refractivity contribution in [3.05, 3.63) is 229 Å². The molecule has 0 amide bonds. The first-order valence-electron chi connectivity index (χ1n) is 22.3. The molecule has 12 rings (SSSR count). The number of aromatic nitrogens is 4. The third kappa shape index (κ3) is 6.70. The normalized spacial score (nSPS) is 11.6. The molecule has 9 aromatic carbocycles. The van der Waals surface area contributed by atoms with Crippen LogP contribution in [0.1, 0.15) is 16.7 Å². The van der Waals surface area contributed by atoms with Crippen LogP contribution in [0.3, 0.4) is 0 Å². The average Bonchev–Trinajstić information content (AvgIpc) is 3.87. The Morgan fingerprint density at radius 2 is 0.738 bits per heavy atom. The fourth-order valence-corrected chi connectivity index (χ4v) is 9.67. The summed E-state index contributed by atoms with van der Waals surface area (Å²) in [5.41, 5.74) is 20.5. The summed E-state index contributed by atoms with van der Waals surface area (Å²) in [5.74, 6) is 0.724. The highest BCUT2D eigenvalue weighted by atomic mass is 15.0. The number of para-hydroxylation sites is 3. The van der Waals surface area contributed by atoms with Crippen LogP contribution in [0, 0.1) is 20.8 Å². The van der Waals surface area contributed by atoms with E-state index in [4.69, 9.17) is 9.97 Å². The Labute approximate surface area is 378 Å². The minimum absolute atomic E-state index is 0.724. The van der Waals surface area contributed by atoms with Gasteiger partial charge in [0, 0.05) is 49.6 Å². The molecule has 0 spiro atoms. The van der Waals surface area contributed by atoms with E-state index >= 15 is 0 Å². The fourth-order valence-electron chi connectivity index (χ4n) is 9.67. The van der Waals surface area contributed by atoms with Gasteiger partial charge in [-0.1, -0.05) is 169 Å². The zero-order valence-electron chi connectivity index (χ0n) is 36.5. The second-order valence-corrected chi connectivity index (χ2v) is 17.3. The molecule has 0 aliphatic rings. The van der Waals surface area contributed by atoms with Gasteiger partial charge < -0.3 is 9.13 Å². The molecule has 4 heteroatoms. The van der Waals surface area contributed by atoms with Crippen molar-refractivity contribution < 1.29 is 0 Å². The standard InChI is InChI=1S/C61H44N4/c1-39-16-20-44(21-17-39)55-38-56(63-61(62-55)46-22-18-40(2)19-23-46)45-26-24-42(25-27-45)47-30-34-50(41(3)36-47)43-28-31-48(32-29-43)64-59-15-9-6-12-53(59)54-37-49(33-35-60(54)64)65-57-13-7-4-10-51(57)52-11-5-8-14-58(52)65/h4-38H,1-3H3. The summed E-state index contributed by atoms with van der Waals surface area (Å²) in [7, 11) is 0. The summed E-state index contributed by atoms with van der Waals surface area (Å²) >= 11 is 0. The molecule has 0 unspecified atom stereocenters. The van der Waals surface area contributed by atoms with E-state index in [1.807, 2.05) is 0 Å². The molecule has 12 aromatic rings. The van der Waals surface area contributed by atoms with E-state index in [0.717, 1.165) is 50.8 Å². The van der Waals surface area contributed by atoms with E-state index in [0.29, 0.717) is 0 Å². The Bertz CT molecular complexity index is 3640. The van der Waals surface area contributed by atoms with E-state index in [1.54, 1.807) is 0 Å². The first-order chi connectivity index (χ1) is 31.9. The monoisotopic (exact) mass is 832 g/mol. The Kier molecular flexibility index (Phi) is 9.13. The Balaban J connectivity index is 0.847. The first-order valence-corrected chi connectivity index (χ1v) is 22.3. The smallest absolute Gasteiger partial charge is 0.160 e. The second-order valence-electron chi connectivity index (χ2n) is 17.3. The molecule has 0 aliphatic carbocycles. The molecule has 0 fully saturated rings. The SMILES string of the molecule is Cc1ccc(-c2cc(-c3ccc(-c4ccc(-c5ccc(-n6c7ccccc7c7cc(-n8c9ccccc9c9ccccc98)ccc76)cc5)c(C)c4)cc3)nc(-c3ccc(C)cc3)n2)cc1. The van der Waals surface area contributed by atoms with Crippen molar-refractivity contribution in [1.29, 1.82) is 0 Å². The quantitative estimate of drug-likeness (QED) is 0.160. The van der Waals surface area contributed by atoms with Gasteiger partial charge in [0.15, 0.2) is 5.82 Å². The second kappa shape index (κ2) is 15.5. The lowest BCUT2D eigenvalue weighted by Crippen LogP contribution is -1.96. The summed E-state index contributed by atoms with van der Waals surface area (Å²) in [6.45, 7) is 6.42. The molecule has 4 nitrogen and oxygen atoms in total. The van der Waals surface area contributed by atoms with Crippen LogP contribution >= 0.6 is 0 Å². The van der Waals surface area contributed by atoms with E-state index in [2.05, 4.69) is 242 Å². The van der Waals surface area contributed by atoms with Gasteiger partial charge in [0.1, 0.15) is 0 Å². The minimum atomic E-state index is 0.724. The molecule has 308 valence electrons. The van der Waals surface area contributed by atoms with Gasteiger partial charge in [-0.25, -0.2) is 9.97 Å². The van der Waals surface area contributed by atoms with Crippen LogP contribution in [-0.2, 0) is 0 Å². The zero-order valence-corrected chi connectivity index (χ0v) is 36.5. The Morgan fingerprint density at radius 1 is 0.308 bits per heavy atom. The van der Waals surface area contributed by atoms with Crippen LogP contribution in [0.25, 0.3) is 111 Å². The molecule has 0 saturated heterocycles. The van der Waals surface area contributed by atoms with Gasteiger partial charge in [0.25, 0.3) is 0 Å². The van der Waals surface area contributed by atoms with Crippen LogP contribution in [0.2, 0.25) is 0 Å². The number of hydrogen-bond acceptors (Lipinski definition) is 2. The number of benzene rings is 9. The van der Waals surface area contributed by atoms with Gasteiger partial charge >= 0.3 is 0 Å². The summed E-state index contributed by atoms with van der Waals surface area (Å²) < 4.78 is 4.80. The molecule has 65 heavy (non-hydrogen) atoms. The molecule has 3 heterocycles. The van der Waals surface area contributed by atoms with Crippen molar-refractivity contribution >= 4 is 43.6 Å². The summed E-state index contributed by atoms with van der Waals surface area (Å²) in [5, 5.41) is 5.01. The van der Waals surface area contributed by atoms with Gasteiger partial charge in [-0.2, -0.15) is 0 Å². The zero-order chi connectivity index (χ0) is 43.6. The molecule has 0 radical (unpaired) electrons. The number of aryl methyl sites for hydroxylation is 3. The third-order valence-electron chi connectivity index (χ3n) is 13.1. The molecule has 3 aromatic heterocycles.